The molecule has 10 heteroatoms. The van der Waals surface area contributed by atoms with E-state index in [1.165, 1.54) is 24.4 Å². The fourth-order valence-corrected chi connectivity index (χ4v) is 4.68. The molecule has 1 saturated heterocycles. The lowest BCUT2D eigenvalue weighted by Crippen LogP contribution is -2.52. The van der Waals surface area contributed by atoms with Gasteiger partial charge in [0.2, 0.25) is 12.1 Å². The molecule has 2 rings (SSSR count). The molecule has 0 spiro atoms. The largest absolute Gasteiger partial charge is 0.390 e. The molecule has 3 atom stereocenters. The lowest BCUT2D eigenvalue weighted by atomic mass is 10.0. The van der Waals surface area contributed by atoms with Crippen molar-refractivity contribution in [1.82, 2.24) is 9.62 Å². The Labute approximate surface area is 159 Å². The third-order valence-corrected chi connectivity index (χ3v) is 6.44. The quantitative estimate of drug-likeness (QED) is 0.364. The van der Waals surface area contributed by atoms with Gasteiger partial charge in [0.15, 0.2) is 0 Å². The first-order valence-corrected chi connectivity index (χ1v) is 10.5. The minimum atomic E-state index is -3.98. The highest BCUT2D eigenvalue weighted by molar-refractivity contribution is 7.88. The van der Waals surface area contributed by atoms with Crippen LogP contribution < -0.4 is 15.8 Å². The molecule has 0 bridgehead atoms. The van der Waals surface area contributed by atoms with Crippen molar-refractivity contribution in [3.8, 4) is 0 Å². The van der Waals surface area contributed by atoms with Crippen molar-refractivity contribution >= 4 is 15.9 Å². The van der Waals surface area contributed by atoms with E-state index in [0.717, 1.165) is 4.31 Å². The Kier molecular flexibility index (Phi) is 7.15. The van der Waals surface area contributed by atoms with Crippen LogP contribution in [0.2, 0.25) is 0 Å². The molecule has 2 heterocycles. The molecular weight excluding hydrogens is 372 g/mol. The van der Waals surface area contributed by atoms with E-state index in [0.29, 0.717) is 24.0 Å². The van der Waals surface area contributed by atoms with E-state index in [1.54, 1.807) is 0 Å². The van der Waals surface area contributed by atoms with Gasteiger partial charge in [0.25, 0.3) is 0 Å². The number of carbonyl (C=O) groups excluding carboxylic acids is 1. The highest BCUT2D eigenvalue weighted by atomic mass is 32.2. The highest BCUT2D eigenvalue weighted by Gasteiger charge is 2.38. The smallest absolute Gasteiger partial charge is 0.361 e. The Balaban J connectivity index is 2.08. The number of hydrogen-bond donors (Lipinski definition) is 4. The summed E-state index contributed by atoms with van der Waals surface area (Å²) in [6, 6.07) is 3.05. The van der Waals surface area contributed by atoms with E-state index in [9.17, 15) is 23.5 Å². The van der Waals surface area contributed by atoms with Gasteiger partial charge in [-0.3, -0.25) is 10.0 Å². The maximum Gasteiger partial charge on any atom is 0.361 e. The van der Waals surface area contributed by atoms with E-state index >= 15 is 0 Å². The molecule has 2 unspecified atom stereocenters. The average Bonchev–Trinajstić information content (AvgIpc) is 2.77. The summed E-state index contributed by atoms with van der Waals surface area (Å²) in [5, 5.41) is 22.7. The summed E-state index contributed by atoms with van der Waals surface area (Å²) in [7, 11) is -3.98. The second-order valence-corrected chi connectivity index (χ2v) is 9.19. The number of sulfonamides is 1. The molecule has 1 aromatic heterocycles. The normalized spacial score (nSPS) is 23.0. The van der Waals surface area contributed by atoms with Gasteiger partial charge in [-0.25, -0.2) is 8.42 Å². The molecule has 1 aliphatic heterocycles. The van der Waals surface area contributed by atoms with Crippen molar-refractivity contribution in [2.24, 2.45) is 11.7 Å². The number of amides is 1. The Morgan fingerprint density at radius 1 is 1.44 bits per heavy atom. The summed E-state index contributed by atoms with van der Waals surface area (Å²) in [6.45, 7) is 3.93. The van der Waals surface area contributed by atoms with Crippen molar-refractivity contribution in [2.45, 2.75) is 56.3 Å². The molecule has 0 saturated carbocycles. The number of β-amino-alcohol motifs (C(OH)–C–C–N with tert-alkyl or cyclic N) is 1. The van der Waals surface area contributed by atoms with Crippen LogP contribution in [-0.4, -0.2) is 60.2 Å². The molecule has 5 N–H and O–H groups in total. The number of nitrogens with one attached hydrogen (secondary N) is 1. The zero-order valence-electron chi connectivity index (χ0n) is 15.7. The molecule has 1 aliphatic rings. The predicted octanol–water partition coefficient (Wildman–Crippen LogP) is -0.785. The third-order valence-electron chi connectivity index (χ3n) is 4.57. The molecule has 0 radical (unpaired) electrons. The van der Waals surface area contributed by atoms with Crippen LogP contribution in [-0.2, 0) is 14.8 Å². The molecule has 27 heavy (non-hydrogen) atoms. The molecular formula is C17H29N4O5S+. The van der Waals surface area contributed by atoms with Crippen molar-refractivity contribution in [1.29, 1.82) is 0 Å². The number of hydrogen-bond acceptors (Lipinski definition) is 6. The average molecular weight is 402 g/mol. The number of pyridine rings is 1. The van der Waals surface area contributed by atoms with Gasteiger partial charge in [-0.05, 0) is 31.2 Å². The molecule has 152 valence electrons. The molecule has 1 aromatic rings. The van der Waals surface area contributed by atoms with Crippen LogP contribution in [0.1, 0.15) is 33.1 Å². The van der Waals surface area contributed by atoms with Crippen molar-refractivity contribution in [2.75, 3.05) is 13.1 Å². The number of aromatic nitrogens is 1. The van der Waals surface area contributed by atoms with Crippen LogP contribution in [0.3, 0.4) is 0 Å². The van der Waals surface area contributed by atoms with Crippen molar-refractivity contribution in [3.63, 3.8) is 0 Å². The van der Waals surface area contributed by atoms with Gasteiger partial charge < -0.3 is 16.2 Å². The fraction of sp³-hybridized carbons (Fsp3) is 0.647. The number of carbonyl (C=O) groups is 1. The van der Waals surface area contributed by atoms with E-state index in [4.69, 9.17) is 5.73 Å². The van der Waals surface area contributed by atoms with Gasteiger partial charge in [0.05, 0.1) is 18.2 Å². The van der Waals surface area contributed by atoms with E-state index in [2.05, 4.69) is 5.32 Å². The van der Waals surface area contributed by atoms with E-state index in [-0.39, 0.29) is 29.9 Å². The summed E-state index contributed by atoms with van der Waals surface area (Å²) in [5.41, 5.74) is 5.88. The lowest BCUT2D eigenvalue weighted by molar-refractivity contribution is -0.933. The molecule has 0 aromatic carbocycles. The topological polar surface area (TPSA) is 137 Å². The van der Waals surface area contributed by atoms with Crippen LogP contribution in [0.5, 0.6) is 0 Å². The number of aliphatic hydroxyl groups is 1. The zero-order valence-corrected chi connectivity index (χ0v) is 16.5. The van der Waals surface area contributed by atoms with Crippen LogP contribution >= 0.6 is 0 Å². The van der Waals surface area contributed by atoms with Gasteiger partial charge >= 0.3 is 15.0 Å². The number of rotatable bonds is 6. The third kappa shape index (κ3) is 5.38. The molecule has 1 fully saturated rings. The Bertz CT molecular complexity index is 755. The zero-order chi connectivity index (χ0) is 20.2. The van der Waals surface area contributed by atoms with Gasteiger partial charge in [-0.1, -0.05) is 13.8 Å². The number of nitrogens with zero attached hydrogens (tertiary/aromatic N) is 2. The summed E-state index contributed by atoms with van der Waals surface area (Å²) in [5.74, 6) is -0.0817. The molecule has 9 nitrogen and oxygen atoms in total. The monoisotopic (exact) mass is 401 g/mol. The van der Waals surface area contributed by atoms with E-state index < -0.39 is 28.2 Å². The Morgan fingerprint density at radius 2 is 2.15 bits per heavy atom. The number of aliphatic hydroxyl groups excluding tert-OH is 1. The minimum absolute atomic E-state index is 0.179. The second kappa shape index (κ2) is 8.96. The Morgan fingerprint density at radius 3 is 2.78 bits per heavy atom. The fourth-order valence-electron chi connectivity index (χ4n) is 3.15. The summed E-state index contributed by atoms with van der Waals surface area (Å²) < 4.78 is 27.2. The van der Waals surface area contributed by atoms with Crippen molar-refractivity contribution in [3.05, 3.63) is 24.4 Å². The van der Waals surface area contributed by atoms with E-state index in [1.807, 2.05) is 13.8 Å². The summed E-state index contributed by atoms with van der Waals surface area (Å²) in [6.07, 6.45) is 1.56. The molecule has 0 aliphatic carbocycles. The van der Waals surface area contributed by atoms with Gasteiger partial charge in [-0.15, -0.1) is 0 Å². The highest BCUT2D eigenvalue weighted by Crippen LogP contribution is 2.19. The van der Waals surface area contributed by atoms with Crippen LogP contribution in [0, 0.1) is 5.92 Å². The summed E-state index contributed by atoms with van der Waals surface area (Å²) in [4.78, 5) is 12.2. The first-order chi connectivity index (χ1) is 12.6. The lowest BCUT2D eigenvalue weighted by Gasteiger charge is -2.25. The first-order valence-electron chi connectivity index (χ1n) is 9.07. The molecule has 1 amide bonds. The van der Waals surface area contributed by atoms with Gasteiger partial charge in [0, 0.05) is 30.0 Å². The maximum absolute atomic E-state index is 12.8. The van der Waals surface area contributed by atoms with Crippen LogP contribution in [0.15, 0.2) is 29.4 Å². The van der Waals surface area contributed by atoms with Crippen LogP contribution in [0.25, 0.3) is 0 Å². The van der Waals surface area contributed by atoms with Crippen LogP contribution in [0.4, 0.5) is 0 Å². The minimum Gasteiger partial charge on any atom is -0.390 e. The van der Waals surface area contributed by atoms with Gasteiger partial charge in [0.1, 0.15) is 0 Å². The predicted molar refractivity (Wildman–Crippen MR) is 97.2 cm³/mol. The summed E-state index contributed by atoms with van der Waals surface area (Å²) >= 11 is 0. The second-order valence-electron chi connectivity index (χ2n) is 7.31. The number of nitrogens with two attached hydrogens (primary N) is 1. The first kappa shape index (κ1) is 21.5. The Hall–Kier alpha value is -1.75. The SMILES string of the molecule is CC(C)C[C@H](N)C(=O)NC1CCCN(S(=O)(=O)c2cccc[n+]2O)CC1O. The van der Waals surface area contributed by atoms with Crippen molar-refractivity contribution < 1.29 is 28.3 Å². The van der Waals surface area contributed by atoms with Gasteiger partial charge in [-0.2, -0.15) is 4.31 Å². The maximum atomic E-state index is 12.8. The standard InChI is InChI=1S/C17H28N4O5S/c1-12(2)10-13(18)17(23)19-14-6-5-8-20(11-15(14)22)27(25,26)16-7-3-4-9-21(16)24/h3-4,7,9,12-15,22H,5-6,8,10-11,18H2,1-2H3,(H-,19,23,24)/p+1/t13-,14?,15?/m0/s1.